The van der Waals surface area contributed by atoms with Crippen LogP contribution in [0.1, 0.15) is 0 Å². The summed E-state index contributed by atoms with van der Waals surface area (Å²) in [6.07, 6.45) is 1.74. The number of nitrogens with one attached hydrogen (secondary N) is 2. The molecule has 0 aromatic carbocycles. The van der Waals surface area contributed by atoms with E-state index < -0.39 is 0 Å². The van der Waals surface area contributed by atoms with Crippen LogP contribution in [0.5, 0.6) is 0 Å². The van der Waals surface area contributed by atoms with Crippen LogP contribution in [0.2, 0.25) is 0 Å². The number of nitrogens with zero attached hydrogens (tertiary/aromatic N) is 2. The maximum Gasteiger partial charge on any atom is 0.163 e. The Morgan fingerprint density at radius 3 is 2.79 bits per heavy atom. The lowest BCUT2D eigenvalue weighted by atomic mass is 10.2. The zero-order valence-electron chi connectivity index (χ0n) is 8.20. The van der Waals surface area contributed by atoms with Gasteiger partial charge in [0.05, 0.1) is 0 Å². The molecule has 2 aromatic heterocycles. The molecule has 0 saturated heterocycles. The molecular weight excluding hydrogens is 176 g/mol. The summed E-state index contributed by atoms with van der Waals surface area (Å²) in [7, 11) is 3.73. The fourth-order valence-corrected chi connectivity index (χ4v) is 1.39. The van der Waals surface area contributed by atoms with Gasteiger partial charge < -0.3 is 10.6 Å². The van der Waals surface area contributed by atoms with Crippen LogP contribution in [-0.4, -0.2) is 24.1 Å². The third kappa shape index (κ3) is 1.35. The molecule has 0 bridgehead atoms. The maximum absolute atomic E-state index is 4.34. The summed E-state index contributed by atoms with van der Waals surface area (Å²) in [5.74, 6) is 0.820. The molecule has 0 fully saturated rings. The van der Waals surface area contributed by atoms with Gasteiger partial charge in [-0.3, -0.25) is 0 Å². The van der Waals surface area contributed by atoms with Crippen molar-refractivity contribution in [3.63, 3.8) is 0 Å². The topological polar surface area (TPSA) is 49.8 Å². The Bertz CT molecular complexity index is 453. The molecule has 0 aliphatic rings. The largest absolute Gasteiger partial charge is 0.387 e. The molecule has 4 nitrogen and oxygen atoms in total. The lowest BCUT2D eigenvalue weighted by Crippen LogP contribution is -1.97. The Morgan fingerprint density at radius 2 is 2.07 bits per heavy atom. The van der Waals surface area contributed by atoms with Gasteiger partial charge in [-0.1, -0.05) is 0 Å². The number of hydrogen-bond donors (Lipinski definition) is 2. The molecule has 2 heterocycles. The van der Waals surface area contributed by atoms with E-state index in [0.717, 1.165) is 22.5 Å². The molecule has 0 aliphatic heterocycles. The number of aromatic nitrogens is 2. The number of rotatable bonds is 2. The monoisotopic (exact) mass is 188 g/mol. The first-order valence-electron chi connectivity index (χ1n) is 4.46. The van der Waals surface area contributed by atoms with Crippen molar-refractivity contribution in [2.75, 3.05) is 24.7 Å². The number of anilines is 2. The van der Waals surface area contributed by atoms with Gasteiger partial charge in [0.25, 0.3) is 0 Å². The Kier molecular flexibility index (Phi) is 2.18. The van der Waals surface area contributed by atoms with E-state index in [1.165, 1.54) is 0 Å². The van der Waals surface area contributed by atoms with Gasteiger partial charge in [-0.05, 0) is 12.1 Å². The first-order valence-corrected chi connectivity index (χ1v) is 4.46. The van der Waals surface area contributed by atoms with Crippen molar-refractivity contribution in [2.24, 2.45) is 0 Å². The van der Waals surface area contributed by atoms with Crippen molar-refractivity contribution < 1.29 is 0 Å². The molecule has 0 amide bonds. The van der Waals surface area contributed by atoms with Crippen molar-refractivity contribution in [2.45, 2.75) is 0 Å². The van der Waals surface area contributed by atoms with E-state index in [-0.39, 0.29) is 0 Å². The summed E-state index contributed by atoms with van der Waals surface area (Å²) in [6.45, 7) is 0. The zero-order chi connectivity index (χ0) is 9.97. The van der Waals surface area contributed by atoms with Gasteiger partial charge in [0.2, 0.25) is 0 Å². The van der Waals surface area contributed by atoms with Crippen LogP contribution in [0.3, 0.4) is 0 Å². The van der Waals surface area contributed by atoms with Crippen molar-refractivity contribution in [3.05, 3.63) is 24.4 Å². The van der Waals surface area contributed by atoms with Crippen LogP contribution in [-0.2, 0) is 0 Å². The number of hydrogen-bond acceptors (Lipinski definition) is 4. The fraction of sp³-hybridized carbons (Fsp3) is 0.200. The number of fused-ring (bicyclic) bond motifs is 1. The highest BCUT2D eigenvalue weighted by Crippen LogP contribution is 2.22. The highest BCUT2D eigenvalue weighted by atomic mass is 15.0. The van der Waals surface area contributed by atoms with Crippen molar-refractivity contribution >= 4 is 22.5 Å². The zero-order valence-corrected chi connectivity index (χ0v) is 8.20. The van der Waals surface area contributed by atoms with Crippen molar-refractivity contribution in [1.29, 1.82) is 0 Å². The molecule has 14 heavy (non-hydrogen) atoms. The van der Waals surface area contributed by atoms with Gasteiger partial charge in [0.1, 0.15) is 5.82 Å². The first-order chi connectivity index (χ1) is 6.85. The molecule has 0 unspecified atom stereocenters. The van der Waals surface area contributed by atoms with E-state index in [9.17, 15) is 0 Å². The Hall–Kier alpha value is -1.84. The molecular formula is C10H12N4. The predicted octanol–water partition coefficient (Wildman–Crippen LogP) is 1.71. The minimum atomic E-state index is 0.753. The van der Waals surface area contributed by atoms with Crippen molar-refractivity contribution in [3.8, 4) is 0 Å². The molecule has 0 atom stereocenters. The lowest BCUT2D eigenvalue weighted by Gasteiger charge is -2.07. The molecule has 0 aliphatic carbocycles. The van der Waals surface area contributed by atoms with Crippen LogP contribution >= 0.6 is 0 Å². The van der Waals surface area contributed by atoms with E-state index in [4.69, 9.17) is 0 Å². The third-order valence-electron chi connectivity index (χ3n) is 2.11. The summed E-state index contributed by atoms with van der Waals surface area (Å²) < 4.78 is 0. The Balaban J connectivity index is 2.73. The second-order valence-electron chi connectivity index (χ2n) is 2.93. The van der Waals surface area contributed by atoms with E-state index in [2.05, 4.69) is 20.6 Å². The van der Waals surface area contributed by atoms with Crippen LogP contribution < -0.4 is 10.6 Å². The second-order valence-corrected chi connectivity index (χ2v) is 2.93. The summed E-state index contributed by atoms with van der Waals surface area (Å²) >= 11 is 0. The summed E-state index contributed by atoms with van der Waals surface area (Å²) in [5, 5.41) is 7.16. The quantitative estimate of drug-likeness (QED) is 0.753. The predicted molar refractivity (Wildman–Crippen MR) is 58.6 cm³/mol. The summed E-state index contributed by atoms with van der Waals surface area (Å²) in [6, 6.07) is 5.87. The summed E-state index contributed by atoms with van der Waals surface area (Å²) in [5.41, 5.74) is 1.79. The van der Waals surface area contributed by atoms with Crippen LogP contribution in [0.25, 0.3) is 11.0 Å². The van der Waals surface area contributed by atoms with Gasteiger partial charge in [-0.15, -0.1) is 0 Å². The first kappa shape index (κ1) is 8.74. The van der Waals surface area contributed by atoms with Gasteiger partial charge >= 0.3 is 0 Å². The van der Waals surface area contributed by atoms with Crippen molar-refractivity contribution in [1.82, 2.24) is 9.97 Å². The highest BCUT2D eigenvalue weighted by molar-refractivity contribution is 5.90. The maximum atomic E-state index is 4.34. The van der Waals surface area contributed by atoms with Crippen LogP contribution in [0, 0.1) is 0 Å². The Labute approximate surface area is 82.4 Å². The number of pyridine rings is 2. The van der Waals surface area contributed by atoms with Crippen LogP contribution in [0.4, 0.5) is 11.5 Å². The van der Waals surface area contributed by atoms with Gasteiger partial charge in [0, 0.05) is 37.4 Å². The molecule has 0 saturated carbocycles. The van der Waals surface area contributed by atoms with E-state index in [1.807, 2.05) is 32.3 Å². The lowest BCUT2D eigenvalue weighted by molar-refractivity contribution is 1.26. The molecule has 0 spiro atoms. The molecule has 2 N–H and O–H groups in total. The SMILES string of the molecule is CNc1cc(NC)c2cccnc2n1. The normalized spacial score (nSPS) is 10.1. The second kappa shape index (κ2) is 3.49. The summed E-state index contributed by atoms with van der Waals surface area (Å²) in [4.78, 5) is 8.55. The standard InChI is InChI=1S/C10H12N4/c1-11-8-6-9(12-2)14-10-7(8)4-3-5-13-10/h3-6H,1-2H3,(H2,11,12,13,14). The van der Waals surface area contributed by atoms with E-state index in [0.29, 0.717) is 0 Å². The molecule has 0 radical (unpaired) electrons. The van der Waals surface area contributed by atoms with Crippen LogP contribution in [0.15, 0.2) is 24.4 Å². The fourth-order valence-electron chi connectivity index (χ4n) is 1.39. The third-order valence-corrected chi connectivity index (χ3v) is 2.11. The minimum absolute atomic E-state index is 0.753. The molecule has 2 aromatic rings. The van der Waals surface area contributed by atoms with Gasteiger partial charge in [-0.2, -0.15) is 0 Å². The molecule has 4 heteroatoms. The molecule has 72 valence electrons. The van der Waals surface area contributed by atoms with Gasteiger partial charge in [-0.25, -0.2) is 9.97 Å². The molecule has 2 rings (SSSR count). The minimum Gasteiger partial charge on any atom is -0.387 e. The smallest absolute Gasteiger partial charge is 0.163 e. The van der Waals surface area contributed by atoms with Gasteiger partial charge in [0.15, 0.2) is 5.65 Å². The van der Waals surface area contributed by atoms with E-state index >= 15 is 0 Å². The average Bonchev–Trinajstić information content (AvgIpc) is 2.27. The average molecular weight is 188 g/mol. The highest BCUT2D eigenvalue weighted by Gasteiger charge is 2.03. The van der Waals surface area contributed by atoms with E-state index in [1.54, 1.807) is 6.20 Å². The Morgan fingerprint density at radius 1 is 1.21 bits per heavy atom.